The summed E-state index contributed by atoms with van der Waals surface area (Å²) >= 11 is 0. The Morgan fingerprint density at radius 1 is 1.24 bits per heavy atom. The van der Waals surface area contributed by atoms with E-state index < -0.39 is 0 Å². The van der Waals surface area contributed by atoms with Crippen LogP contribution in [0, 0.1) is 0 Å². The predicted molar refractivity (Wildman–Crippen MR) is 64.2 cm³/mol. The molecular formula is C11H11N5O. The molecule has 0 unspecified atom stereocenters. The van der Waals surface area contributed by atoms with Gasteiger partial charge in [0.05, 0.1) is 17.4 Å². The number of pyridine rings is 2. The van der Waals surface area contributed by atoms with Crippen LogP contribution in [0.2, 0.25) is 0 Å². The van der Waals surface area contributed by atoms with Crippen LogP contribution in [0.3, 0.4) is 0 Å². The molecule has 2 aromatic heterocycles. The molecule has 2 heterocycles. The number of hydrogen-bond acceptors (Lipinski definition) is 5. The van der Waals surface area contributed by atoms with Gasteiger partial charge in [-0.05, 0) is 24.3 Å². The molecule has 6 nitrogen and oxygen atoms in total. The van der Waals surface area contributed by atoms with Crippen molar-refractivity contribution >= 4 is 17.4 Å². The fourth-order valence-corrected chi connectivity index (χ4v) is 1.34. The van der Waals surface area contributed by atoms with Gasteiger partial charge in [0.25, 0.3) is 5.91 Å². The lowest BCUT2D eigenvalue weighted by Gasteiger charge is -2.07. The average molecular weight is 229 g/mol. The van der Waals surface area contributed by atoms with Gasteiger partial charge in [0.1, 0.15) is 0 Å². The Kier molecular flexibility index (Phi) is 3.27. The number of nitrogens with one attached hydrogen (secondary N) is 2. The molecule has 0 aliphatic carbocycles. The van der Waals surface area contributed by atoms with E-state index in [0.29, 0.717) is 17.1 Å². The Labute approximate surface area is 97.9 Å². The van der Waals surface area contributed by atoms with Crippen LogP contribution < -0.4 is 16.6 Å². The second-order valence-electron chi connectivity index (χ2n) is 3.24. The number of carbonyl (C=O) groups excluding carboxylic acids is 1. The fourth-order valence-electron chi connectivity index (χ4n) is 1.34. The van der Waals surface area contributed by atoms with Crippen molar-refractivity contribution in [2.45, 2.75) is 0 Å². The minimum atomic E-state index is -0.293. The number of aromatic nitrogens is 2. The van der Waals surface area contributed by atoms with Crippen molar-refractivity contribution < 1.29 is 4.79 Å². The zero-order valence-corrected chi connectivity index (χ0v) is 8.92. The Balaban J connectivity index is 2.20. The number of nitrogens with two attached hydrogens (primary N) is 1. The Morgan fingerprint density at radius 3 is 2.76 bits per heavy atom. The molecular weight excluding hydrogens is 218 g/mol. The lowest BCUT2D eigenvalue weighted by molar-refractivity contribution is 0.102. The van der Waals surface area contributed by atoms with E-state index in [1.807, 2.05) is 0 Å². The molecule has 4 N–H and O–H groups in total. The number of nitrogen functional groups attached to an aromatic ring is 1. The fraction of sp³-hybridized carbons (Fsp3) is 0. The zero-order valence-electron chi connectivity index (χ0n) is 8.92. The van der Waals surface area contributed by atoms with E-state index in [1.54, 1.807) is 42.9 Å². The molecule has 86 valence electrons. The monoisotopic (exact) mass is 229 g/mol. The molecule has 0 fully saturated rings. The number of rotatable bonds is 3. The van der Waals surface area contributed by atoms with Crippen LogP contribution in [0.5, 0.6) is 0 Å². The third-order valence-corrected chi connectivity index (χ3v) is 2.11. The molecule has 0 aliphatic rings. The van der Waals surface area contributed by atoms with Gasteiger partial charge in [0.15, 0.2) is 5.82 Å². The third-order valence-electron chi connectivity index (χ3n) is 2.11. The maximum Gasteiger partial charge on any atom is 0.259 e. The molecule has 0 aliphatic heterocycles. The quantitative estimate of drug-likeness (QED) is 0.539. The summed E-state index contributed by atoms with van der Waals surface area (Å²) in [6.45, 7) is 0. The van der Waals surface area contributed by atoms with Crippen molar-refractivity contribution in [1.82, 2.24) is 9.97 Å². The molecule has 2 rings (SSSR count). The SMILES string of the molecule is NNc1ncccc1C(=O)Nc1cccnc1. The summed E-state index contributed by atoms with van der Waals surface area (Å²) in [6.07, 6.45) is 4.74. The van der Waals surface area contributed by atoms with Crippen LogP contribution in [0.4, 0.5) is 11.5 Å². The highest BCUT2D eigenvalue weighted by Gasteiger charge is 2.11. The molecule has 1 amide bonds. The molecule has 0 spiro atoms. The first-order chi connectivity index (χ1) is 8.31. The van der Waals surface area contributed by atoms with E-state index in [-0.39, 0.29) is 5.91 Å². The van der Waals surface area contributed by atoms with Gasteiger partial charge in [0, 0.05) is 12.4 Å². The molecule has 0 radical (unpaired) electrons. The first-order valence-electron chi connectivity index (χ1n) is 4.94. The lowest BCUT2D eigenvalue weighted by atomic mass is 10.2. The standard InChI is InChI=1S/C11H11N5O/c12-16-10-9(4-2-6-14-10)11(17)15-8-3-1-5-13-7-8/h1-7H,12H2,(H,14,16)(H,15,17). The van der Waals surface area contributed by atoms with E-state index in [9.17, 15) is 4.79 Å². The topological polar surface area (TPSA) is 92.9 Å². The van der Waals surface area contributed by atoms with E-state index in [4.69, 9.17) is 5.84 Å². The molecule has 0 atom stereocenters. The molecule has 2 aromatic rings. The van der Waals surface area contributed by atoms with Crippen LogP contribution in [0.15, 0.2) is 42.9 Å². The molecule has 17 heavy (non-hydrogen) atoms. The van der Waals surface area contributed by atoms with Crippen molar-refractivity contribution in [3.8, 4) is 0 Å². The van der Waals surface area contributed by atoms with Gasteiger partial charge in [-0.1, -0.05) is 0 Å². The first-order valence-corrected chi connectivity index (χ1v) is 4.94. The van der Waals surface area contributed by atoms with Gasteiger partial charge < -0.3 is 10.7 Å². The number of carbonyl (C=O) groups is 1. The van der Waals surface area contributed by atoms with Gasteiger partial charge in [0.2, 0.25) is 0 Å². The second kappa shape index (κ2) is 5.04. The van der Waals surface area contributed by atoms with E-state index >= 15 is 0 Å². The predicted octanol–water partition coefficient (Wildman–Crippen LogP) is 1.01. The highest BCUT2D eigenvalue weighted by Crippen LogP contribution is 2.12. The smallest absolute Gasteiger partial charge is 0.259 e. The number of amides is 1. The summed E-state index contributed by atoms with van der Waals surface area (Å²) in [7, 11) is 0. The van der Waals surface area contributed by atoms with Gasteiger partial charge in [-0.25, -0.2) is 10.8 Å². The summed E-state index contributed by atoms with van der Waals surface area (Å²) in [5, 5.41) is 2.70. The van der Waals surface area contributed by atoms with Crippen LogP contribution in [0.25, 0.3) is 0 Å². The first kappa shape index (κ1) is 11.0. The molecule has 0 bridgehead atoms. The largest absolute Gasteiger partial charge is 0.320 e. The molecule has 6 heteroatoms. The lowest BCUT2D eigenvalue weighted by Crippen LogP contribution is -2.18. The van der Waals surface area contributed by atoms with Crippen LogP contribution in [0.1, 0.15) is 10.4 Å². The van der Waals surface area contributed by atoms with Crippen LogP contribution in [-0.2, 0) is 0 Å². The summed E-state index contributed by atoms with van der Waals surface area (Å²) < 4.78 is 0. The van der Waals surface area contributed by atoms with Crippen molar-refractivity contribution in [2.24, 2.45) is 5.84 Å². The van der Waals surface area contributed by atoms with E-state index in [2.05, 4.69) is 20.7 Å². The Hall–Kier alpha value is -2.47. The third kappa shape index (κ3) is 2.56. The summed E-state index contributed by atoms with van der Waals surface area (Å²) in [5.74, 6) is 5.31. The van der Waals surface area contributed by atoms with Gasteiger partial charge in [-0.2, -0.15) is 0 Å². The van der Waals surface area contributed by atoms with Gasteiger partial charge in [-0.15, -0.1) is 0 Å². The van der Waals surface area contributed by atoms with Gasteiger partial charge >= 0.3 is 0 Å². The normalized spacial score (nSPS) is 9.71. The molecule has 0 aromatic carbocycles. The number of nitrogens with zero attached hydrogens (tertiary/aromatic N) is 2. The Bertz CT molecular complexity index is 514. The van der Waals surface area contributed by atoms with Crippen molar-refractivity contribution in [1.29, 1.82) is 0 Å². The average Bonchev–Trinajstić information content (AvgIpc) is 2.40. The van der Waals surface area contributed by atoms with Crippen molar-refractivity contribution in [3.63, 3.8) is 0 Å². The minimum Gasteiger partial charge on any atom is -0.320 e. The summed E-state index contributed by atoms with van der Waals surface area (Å²) in [5.41, 5.74) is 3.36. The zero-order chi connectivity index (χ0) is 12.1. The van der Waals surface area contributed by atoms with Gasteiger partial charge in [-0.3, -0.25) is 9.78 Å². The number of hydrazine groups is 1. The number of anilines is 2. The van der Waals surface area contributed by atoms with Crippen LogP contribution >= 0.6 is 0 Å². The van der Waals surface area contributed by atoms with Crippen LogP contribution in [-0.4, -0.2) is 15.9 Å². The summed E-state index contributed by atoms with van der Waals surface area (Å²) in [4.78, 5) is 19.8. The minimum absolute atomic E-state index is 0.293. The highest BCUT2D eigenvalue weighted by molar-refractivity contribution is 6.07. The van der Waals surface area contributed by atoms with Crippen molar-refractivity contribution in [3.05, 3.63) is 48.4 Å². The summed E-state index contributed by atoms with van der Waals surface area (Å²) in [6, 6.07) is 6.78. The number of hydrogen-bond donors (Lipinski definition) is 3. The Morgan fingerprint density at radius 2 is 2.06 bits per heavy atom. The van der Waals surface area contributed by atoms with Crippen molar-refractivity contribution in [2.75, 3.05) is 10.7 Å². The highest BCUT2D eigenvalue weighted by atomic mass is 16.1. The van der Waals surface area contributed by atoms with E-state index in [1.165, 1.54) is 0 Å². The molecule has 0 saturated carbocycles. The maximum absolute atomic E-state index is 11.9. The maximum atomic E-state index is 11.9. The van der Waals surface area contributed by atoms with E-state index in [0.717, 1.165) is 0 Å². The second-order valence-corrected chi connectivity index (χ2v) is 3.24. The molecule has 0 saturated heterocycles.